The van der Waals surface area contributed by atoms with E-state index in [0.29, 0.717) is 6.61 Å². The molecule has 3 rings (SSSR count). The summed E-state index contributed by atoms with van der Waals surface area (Å²) in [6, 6.07) is 10.4. The van der Waals surface area contributed by atoms with Gasteiger partial charge in [-0.05, 0) is 71.2 Å². The van der Waals surface area contributed by atoms with Crippen molar-refractivity contribution in [1.29, 1.82) is 0 Å². The molecule has 0 bridgehead atoms. The molecule has 1 aliphatic rings. The average Bonchev–Trinajstić information content (AvgIpc) is 3.25. The van der Waals surface area contributed by atoms with Crippen molar-refractivity contribution in [2.75, 3.05) is 27.2 Å². The molecule has 0 aliphatic carbocycles. The lowest BCUT2D eigenvalue weighted by molar-refractivity contribution is 0.00578. The molecule has 0 amide bonds. The van der Waals surface area contributed by atoms with Gasteiger partial charge in [0.15, 0.2) is 0 Å². The van der Waals surface area contributed by atoms with Gasteiger partial charge in [-0.25, -0.2) is 0 Å². The lowest BCUT2D eigenvalue weighted by atomic mass is 9.71. The van der Waals surface area contributed by atoms with E-state index in [0.717, 1.165) is 41.6 Å². The minimum absolute atomic E-state index is 0.389. The molecule has 1 saturated heterocycles. The molecule has 1 aromatic carbocycles. The maximum Gasteiger partial charge on any atom is 0.491 e. The van der Waals surface area contributed by atoms with Crippen molar-refractivity contribution < 1.29 is 14.1 Å². The van der Waals surface area contributed by atoms with Crippen LogP contribution in [0, 0.1) is 0 Å². The van der Waals surface area contributed by atoms with Gasteiger partial charge in [-0.15, -0.1) is 9.94 Å². The van der Waals surface area contributed by atoms with Crippen LogP contribution in [0.4, 0.5) is 0 Å². The van der Waals surface area contributed by atoms with Crippen molar-refractivity contribution in [3.05, 3.63) is 59.3 Å². The van der Waals surface area contributed by atoms with Crippen LogP contribution in [0.2, 0.25) is 0 Å². The van der Waals surface area contributed by atoms with Crippen LogP contribution in [0.3, 0.4) is 0 Å². The second-order valence-electron chi connectivity index (χ2n) is 9.33. The van der Waals surface area contributed by atoms with E-state index >= 15 is 0 Å². The van der Waals surface area contributed by atoms with E-state index in [9.17, 15) is 0 Å². The zero-order valence-corrected chi connectivity index (χ0v) is 20.0. The molecule has 0 atom stereocenters. The average molecular weight is 425 g/mol. The van der Waals surface area contributed by atoms with Crippen LogP contribution in [-0.4, -0.2) is 60.4 Å². The van der Waals surface area contributed by atoms with E-state index in [2.05, 4.69) is 83.0 Å². The second kappa shape index (κ2) is 9.59. The van der Waals surface area contributed by atoms with Gasteiger partial charge in [0.25, 0.3) is 0 Å². The summed E-state index contributed by atoms with van der Waals surface area (Å²) >= 11 is 0. The lowest BCUT2D eigenvalue weighted by Gasteiger charge is -2.32. The van der Waals surface area contributed by atoms with Crippen molar-refractivity contribution >= 4 is 12.7 Å². The van der Waals surface area contributed by atoms with Gasteiger partial charge < -0.3 is 19.0 Å². The number of rotatable bonds is 9. The van der Waals surface area contributed by atoms with Crippen LogP contribution >= 0.6 is 0 Å². The fraction of sp³-hybridized carbons (Fsp3) is 0.542. The number of nitrogens with zero attached hydrogens (tertiary/aromatic N) is 3. The Hall–Kier alpha value is -2.09. The second-order valence-corrected chi connectivity index (χ2v) is 9.33. The highest BCUT2D eigenvalue weighted by Crippen LogP contribution is 2.41. The van der Waals surface area contributed by atoms with E-state index in [4.69, 9.17) is 14.1 Å². The monoisotopic (exact) mass is 425 g/mol. The summed E-state index contributed by atoms with van der Waals surface area (Å²) < 4.78 is 12.8. The maximum absolute atomic E-state index is 6.41. The Labute approximate surface area is 187 Å². The zero-order valence-electron chi connectivity index (χ0n) is 20.0. The summed E-state index contributed by atoms with van der Waals surface area (Å²) in [7, 11) is 3.71. The van der Waals surface area contributed by atoms with Gasteiger partial charge >= 0.3 is 7.12 Å². The SMILES string of the molecule is CC/C(B1OC(C)(C)C(C)(C)O1)=C(\c1ccccc1)c1cnn(OCCCN(C)C)c1. The molecule has 1 fully saturated rings. The fourth-order valence-corrected chi connectivity index (χ4v) is 3.63. The highest BCUT2D eigenvalue weighted by atomic mass is 16.7. The van der Waals surface area contributed by atoms with Crippen LogP contribution < -0.4 is 4.84 Å². The number of benzene rings is 1. The Morgan fingerprint density at radius 2 is 1.71 bits per heavy atom. The Balaban J connectivity index is 1.94. The van der Waals surface area contributed by atoms with Crippen molar-refractivity contribution in [3.63, 3.8) is 0 Å². The number of hydrogen-bond acceptors (Lipinski definition) is 5. The molecule has 2 aromatic rings. The molecule has 2 heterocycles. The predicted molar refractivity (Wildman–Crippen MR) is 126 cm³/mol. The first-order valence-electron chi connectivity index (χ1n) is 11.1. The molecule has 31 heavy (non-hydrogen) atoms. The maximum atomic E-state index is 6.41. The minimum Gasteiger partial charge on any atom is -0.400 e. The molecule has 1 aromatic heterocycles. The van der Waals surface area contributed by atoms with E-state index in [1.54, 1.807) is 4.85 Å². The Bertz CT molecular complexity index is 874. The highest BCUT2D eigenvalue weighted by Gasteiger charge is 2.52. The van der Waals surface area contributed by atoms with E-state index in [1.165, 1.54) is 0 Å². The minimum atomic E-state index is -0.408. The lowest BCUT2D eigenvalue weighted by Crippen LogP contribution is -2.41. The van der Waals surface area contributed by atoms with Crippen LogP contribution in [0.1, 0.15) is 58.6 Å². The Morgan fingerprint density at radius 1 is 1.06 bits per heavy atom. The van der Waals surface area contributed by atoms with Crippen LogP contribution in [0.25, 0.3) is 5.57 Å². The van der Waals surface area contributed by atoms with E-state index in [-0.39, 0.29) is 11.2 Å². The van der Waals surface area contributed by atoms with Gasteiger partial charge in [0.1, 0.15) is 6.61 Å². The first-order valence-corrected chi connectivity index (χ1v) is 11.1. The molecule has 168 valence electrons. The first kappa shape index (κ1) is 23.6. The summed E-state index contributed by atoms with van der Waals surface area (Å²) in [6.45, 7) is 12.1. The van der Waals surface area contributed by atoms with Crippen molar-refractivity contribution in [2.24, 2.45) is 0 Å². The fourth-order valence-electron chi connectivity index (χ4n) is 3.63. The molecular formula is C24H36BN3O3. The van der Waals surface area contributed by atoms with Gasteiger partial charge in [0, 0.05) is 12.1 Å². The summed E-state index contributed by atoms with van der Waals surface area (Å²) in [5.74, 6) is 0. The van der Waals surface area contributed by atoms with Gasteiger partial charge in [0.2, 0.25) is 0 Å². The summed E-state index contributed by atoms with van der Waals surface area (Å²) in [5.41, 5.74) is 3.52. The highest BCUT2D eigenvalue weighted by molar-refractivity contribution is 6.56. The molecule has 0 saturated carbocycles. The smallest absolute Gasteiger partial charge is 0.400 e. The third-order valence-corrected chi connectivity index (χ3v) is 6.12. The number of aromatic nitrogens is 2. The van der Waals surface area contributed by atoms with Crippen molar-refractivity contribution in [2.45, 2.75) is 58.7 Å². The topological polar surface area (TPSA) is 48.8 Å². The molecule has 1 aliphatic heterocycles. The molecule has 6 nitrogen and oxygen atoms in total. The van der Waals surface area contributed by atoms with E-state index < -0.39 is 7.12 Å². The molecule has 0 radical (unpaired) electrons. The summed E-state index contributed by atoms with van der Waals surface area (Å²) in [6.07, 6.45) is 5.54. The largest absolute Gasteiger partial charge is 0.491 e. The standard InChI is InChI=1S/C24H36BN3O3/c1-8-21(25-30-23(2,3)24(4,5)31-25)22(19-13-10-9-11-14-19)20-17-26-28(18-20)29-16-12-15-27(6)7/h9-11,13-14,17-18H,8,12,15-16H2,1-7H3/b22-21-. The zero-order chi connectivity index (χ0) is 22.6. The molecule has 0 spiro atoms. The first-order chi connectivity index (χ1) is 14.6. The van der Waals surface area contributed by atoms with Gasteiger partial charge in [-0.3, -0.25) is 0 Å². The van der Waals surface area contributed by atoms with Gasteiger partial charge in [-0.1, -0.05) is 37.3 Å². The van der Waals surface area contributed by atoms with Crippen LogP contribution in [-0.2, 0) is 9.31 Å². The molecule has 0 N–H and O–H groups in total. The van der Waals surface area contributed by atoms with E-state index in [1.807, 2.05) is 18.5 Å². The van der Waals surface area contributed by atoms with Crippen LogP contribution in [0.15, 0.2) is 48.2 Å². The summed E-state index contributed by atoms with van der Waals surface area (Å²) in [4.78, 5) is 9.53. The van der Waals surface area contributed by atoms with Crippen molar-refractivity contribution in [1.82, 2.24) is 14.8 Å². The number of hydrogen-bond donors (Lipinski definition) is 0. The Morgan fingerprint density at radius 3 is 2.29 bits per heavy atom. The Kier molecular flexibility index (Phi) is 7.29. The molecule has 0 unspecified atom stereocenters. The third-order valence-electron chi connectivity index (χ3n) is 6.12. The van der Waals surface area contributed by atoms with Gasteiger partial charge in [-0.2, -0.15) is 0 Å². The van der Waals surface area contributed by atoms with Crippen LogP contribution in [0.5, 0.6) is 0 Å². The normalized spacial score (nSPS) is 18.4. The summed E-state index contributed by atoms with van der Waals surface area (Å²) in [5, 5.41) is 4.44. The third kappa shape index (κ3) is 5.40. The number of allylic oxidation sites excluding steroid dienone is 1. The quantitative estimate of drug-likeness (QED) is 0.447. The molecule has 7 heteroatoms. The molecular weight excluding hydrogens is 389 g/mol. The van der Waals surface area contributed by atoms with Gasteiger partial charge in [0.05, 0.1) is 23.6 Å². The predicted octanol–water partition coefficient (Wildman–Crippen LogP) is 4.11. The van der Waals surface area contributed by atoms with Crippen molar-refractivity contribution in [3.8, 4) is 0 Å².